The van der Waals surface area contributed by atoms with Gasteiger partial charge in [-0.05, 0) is 29.0 Å². The van der Waals surface area contributed by atoms with Crippen LogP contribution in [-0.4, -0.2) is 5.11 Å². The van der Waals surface area contributed by atoms with E-state index < -0.39 is 6.10 Å². The number of hydrogen-bond donors (Lipinski definition) is 1. The normalized spacial score (nSPS) is 11.3. The molecule has 0 radical (unpaired) electrons. The minimum Gasteiger partial charge on any atom is -0.382 e. The van der Waals surface area contributed by atoms with Crippen molar-refractivity contribution in [3.63, 3.8) is 0 Å². The van der Waals surface area contributed by atoms with E-state index in [2.05, 4.69) is 30.5 Å². The molecule has 1 unspecified atom stereocenters. The summed E-state index contributed by atoms with van der Waals surface area (Å²) in [4.78, 5) is 0.908. The molecule has 1 N–H and O–H groups in total. The lowest BCUT2D eigenvalue weighted by Crippen LogP contribution is -1.97. The van der Waals surface area contributed by atoms with Crippen molar-refractivity contribution in [2.45, 2.75) is 19.4 Å². The highest BCUT2D eigenvalue weighted by Gasteiger charge is 2.16. The van der Waals surface area contributed by atoms with Crippen molar-refractivity contribution in [3.05, 3.63) is 106 Å². The van der Waals surface area contributed by atoms with E-state index in [4.69, 9.17) is 0 Å². The van der Waals surface area contributed by atoms with E-state index in [-0.39, 0.29) is 0 Å². The minimum atomic E-state index is -0.705. The van der Waals surface area contributed by atoms with Gasteiger partial charge in [-0.3, -0.25) is 0 Å². The van der Waals surface area contributed by atoms with Gasteiger partial charge in [0.2, 0.25) is 0 Å². The monoisotopic (exact) mass is 344 g/mol. The molecule has 0 saturated heterocycles. The summed E-state index contributed by atoms with van der Waals surface area (Å²) in [6.07, 6.45) is 0.151. The second-order valence-electron chi connectivity index (χ2n) is 5.65. The van der Waals surface area contributed by atoms with Crippen LogP contribution in [0, 0.1) is 0 Å². The molecule has 1 aromatic heterocycles. The van der Waals surface area contributed by atoms with Gasteiger partial charge >= 0.3 is 0 Å². The number of thiophene rings is 1. The third-order valence-electron chi connectivity index (χ3n) is 3.99. The molecule has 3 rings (SSSR count). The number of hydrogen-bond acceptors (Lipinski definition) is 2. The van der Waals surface area contributed by atoms with Crippen LogP contribution in [0.2, 0.25) is 0 Å². The summed E-state index contributed by atoms with van der Waals surface area (Å²) in [6.45, 7) is 2.11. The molecule has 0 spiro atoms. The van der Waals surface area contributed by atoms with Gasteiger partial charge < -0.3 is 5.11 Å². The van der Waals surface area contributed by atoms with Crippen molar-refractivity contribution >= 4 is 22.5 Å². The van der Waals surface area contributed by atoms with Gasteiger partial charge in [0.05, 0.1) is 0 Å². The van der Waals surface area contributed by atoms with Crippen molar-refractivity contribution in [2.24, 2.45) is 0 Å². The Bertz CT molecular complexity index is 895. The van der Waals surface area contributed by atoms with E-state index >= 15 is 0 Å². The molecule has 1 heterocycles. The van der Waals surface area contributed by atoms with Gasteiger partial charge in [-0.15, -0.1) is 11.3 Å². The van der Waals surface area contributed by atoms with Gasteiger partial charge in [-0.25, -0.2) is 0 Å². The summed E-state index contributed by atoms with van der Waals surface area (Å²) in [5.41, 5.74) is 10.5. The predicted molar refractivity (Wildman–Crippen MR) is 106 cm³/mol. The molecular formula is C23H20OS. The standard InChI is InChI=1S/C23H20OS/c1-2-18(19-10-5-3-6-11-19)15-16-21(20-12-7-4-8-13-20)23(24)22-14-9-17-25-22/h3-14,17,23-24H,2H2,1H3. The van der Waals surface area contributed by atoms with Crippen LogP contribution >= 0.6 is 11.3 Å². The average molecular weight is 344 g/mol. The number of rotatable bonds is 5. The zero-order valence-corrected chi connectivity index (χ0v) is 15.0. The number of aliphatic hydroxyl groups excluding tert-OH is 1. The summed E-state index contributed by atoms with van der Waals surface area (Å²) in [5.74, 6) is 0. The number of aliphatic hydroxyl groups is 1. The van der Waals surface area contributed by atoms with Crippen molar-refractivity contribution in [1.82, 2.24) is 0 Å². The van der Waals surface area contributed by atoms with Crippen LogP contribution in [0.25, 0.3) is 11.1 Å². The third-order valence-corrected chi connectivity index (χ3v) is 4.92. The molecule has 0 aliphatic heterocycles. The molecule has 2 heteroatoms. The smallest absolute Gasteiger partial charge is 0.121 e. The first-order valence-electron chi connectivity index (χ1n) is 8.36. The maximum absolute atomic E-state index is 10.8. The molecule has 1 atom stereocenters. The number of allylic oxidation sites excluding steroid dienone is 1. The van der Waals surface area contributed by atoms with Crippen LogP contribution in [0.5, 0.6) is 0 Å². The predicted octanol–water partition coefficient (Wildman–Crippen LogP) is 6.11. The molecule has 0 aliphatic rings. The Morgan fingerprint density at radius 3 is 2.08 bits per heavy atom. The van der Waals surface area contributed by atoms with Crippen molar-refractivity contribution in [1.29, 1.82) is 0 Å². The highest BCUT2D eigenvalue weighted by Crippen LogP contribution is 2.31. The fraction of sp³-hybridized carbons (Fsp3) is 0.130. The maximum atomic E-state index is 10.8. The molecule has 1 nitrogen and oxygen atoms in total. The Morgan fingerprint density at radius 1 is 0.880 bits per heavy atom. The molecule has 3 aromatic rings. The fourth-order valence-electron chi connectivity index (χ4n) is 2.65. The van der Waals surface area contributed by atoms with Crippen LogP contribution in [0.4, 0.5) is 0 Å². The second kappa shape index (κ2) is 8.48. The van der Waals surface area contributed by atoms with Crippen LogP contribution < -0.4 is 0 Å². The first-order chi connectivity index (χ1) is 12.3. The van der Waals surface area contributed by atoms with E-state index in [9.17, 15) is 5.11 Å². The Morgan fingerprint density at radius 2 is 1.52 bits per heavy atom. The molecule has 25 heavy (non-hydrogen) atoms. The summed E-state index contributed by atoms with van der Waals surface area (Å²) >= 11 is 1.54. The van der Waals surface area contributed by atoms with Gasteiger partial charge in [0.1, 0.15) is 6.10 Å². The summed E-state index contributed by atoms with van der Waals surface area (Å²) in [5, 5.41) is 12.8. The highest BCUT2D eigenvalue weighted by atomic mass is 32.1. The zero-order chi connectivity index (χ0) is 17.5. The van der Waals surface area contributed by atoms with E-state index in [1.165, 1.54) is 0 Å². The quantitative estimate of drug-likeness (QED) is 0.553. The Kier molecular flexibility index (Phi) is 5.85. The topological polar surface area (TPSA) is 20.2 Å². The van der Waals surface area contributed by atoms with E-state index in [1.54, 1.807) is 11.3 Å². The first kappa shape index (κ1) is 17.2. The maximum Gasteiger partial charge on any atom is 0.121 e. The second-order valence-corrected chi connectivity index (χ2v) is 6.63. The molecule has 0 fully saturated rings. The lowest BCUT2D eigenvalue weighted by Gasteiger charge is -2.11. The van der Waals surface area contributed by atoms with Crippen molar-refractivity contribution < 1.29 is 5.11 Å². The van der Waals surface area contributed by atoms with Crippen LogP contribution in [0.3, 0.4) is 0 Å². The van der Waals surface area contributed by atoms with Gasteiger partial charge in [-0.2, -0.15) is 0 Å². The Labute approximate surface area is 152 Å². The average Bonchev–Trinajstić information content (AvgIpc) is 3.21. The van der Waals surface area contributed by atoms with Crippen LogP contribution in [0.15, 0.2) is 89.6 Å². The Balaban J connectivity index is 2.16. The van der Waals surface area contributed by atoms with Crippen LogP contribution in [0.1, 0.15) is 35.5 Å². The van der Waals surface area contributed by atoms with Gasteiger partial charge in [0.15, 0.2) is 0 Å². The summed E-state index contributed by atoms with van der Waals surface area (Å²) in [7, 11) is 0. The zero-order valence-electron chi connectivity index (χ0n) is 14.1. The largest absolute Gasteiger partial charge is 0.382 e. The van der Waals surface area contributed by atoms with Crippen LogP contribution in [-0.2, 0) is 0 Å². The third kappa shape index (κ3) is 4.28. The van der Waals surface area contributed by atoms with Gasteiger partial charge in [-0.1, -0.05) is 85.1 Å². The minimum absolute atomic E-state index is 0.705. The molecule has 0 saturated carbocycles. The van der Waals surface area contributed by atoms with E-state index in [0.717, 1.165) is 33.6 Å². The molecule has 0 amide bonds. The molecule has 124 valence electrons. The van der Waals surface area contributed by atoms with Crippen molar-refractivity contribution in [2.75, 3.05) is 0 Å². The molecular weight excluding hydrogens is 324 g/mol. The molecule has 2 aromatic carbocycles. The molecule has 0 aliphatic carbocycles. The summed E-state index contributed by atoms with van der Waals surface area (Å²) < 4.78 is 0. The van der Waals surface area contributed by atoms with Gasteiger partial charge in [0, 0.05) is 16.0 Å². The first-order valence-corrected chi connectivity index (χ1v) is 9.24. The molecule has 0 bridgehead atoms. The van der Waals surface area contributed by atoms with Gasteiger partial charge in [0.25, 0.3) is 0 Å². The lowest BCUT2D eigenvalue weighted by atomic mass is 9.99. The van der Waals surface area contributed by atoms with Crippen molar-refractivity contribution in [3.8, 4) is 0 Å². The van der Waals surface area contributed by atoms with E-state index in [1.807, 2.05) is 66.0 Å². The fourth-order valence-corrected chi connectivity index (χ4v) is 3.37. The lowest BCUT2D eigenvalue weighted by molar-refractivity contribution is 0.242. The van der Waals surface area contributed by atoms with E-state index in [0.29, 0.717) is 0 Å². The highest BCUT2D eigenvalue weighted by molar-refractivity contribution is 7.10. The number of benzene rings is 2. The summed E-state index contributed by atoms with van der Waals surface area (Å²) in [6, 6.07) is 24.0. The SMILES string of the molecule is CCC(=C=C=C(c1ccccc1)C(O)c1cccs1)c1ccccc1. The Hall–Kier alpha value is -2.60.